The lowest BCUT2D eigenvalue weighted by atomic mass is 10.1. The number of hydrogen-bond donors (Lipinski definition) is 2. The van der Waals surface area contributed by atoms with E-state index in [0.717, 1.165) is 25.7 Å². The summed E-state index contributed by atoms with van der Waals surface area (Å²) in [5.41, 5.74) is 5.80. The number of hydrogen-bond acceptors (Lipinski definition) is 2. The van der Waals surface area contributed by atoms with E-state index < -0.39 is 6.10 Å². The number of aryl methyl sites for hydroxylation is 1. The Bertz CT molecular complexity index is 1110. The van der Waals surface area contributed by atoms with E-state index in [4.69, 9.17) is 0 Å². The molecule has 0 aliphatic rings. The maximum Gasteiger partial charge on any atom is 0.0891 e. The molecule has 1 atom stereocenters. The predicted molar refractivity (Wildman–Crippen MR) is 125 cm³/mol. The Morgan fingerprint density at radius 2 is 1.54 bits per heavy atom. The molecule has 0 spiro atoms. The minimum atomic E-state index is -0.508. The van der Waals surface area contributed by atoms with Crippen LogP contribution >= 0.6 is 31.9 Å². The van der Waals surface area contributed by atoms with Crippen molar-refractivity contribution in [1.29, 1.82) is 0 Å². The van der Waals surface area contributed by atoms with Crippen LogP contribution < -0.4 is 5.32 Å². The third kappa shape index (κ3) is 3.71. The van der Waals surface area contributed by atoms with Crippen molar-refractivity contribution in [2.75, 3.05) is 11.9 Å². The number of halogens is 2. The number of aliphatic hydroxyl groups excluding tert-OH is 1. The Kier molecular flexibility index (Phi) is 5.50. The Labute approximate surface area is 181 Å². The van der Waals surface area contributed by atoms with E-state index in [-0.39, 0.29) is 0 Å². The summed E-state index contributed by atoms with van der Waals surface area (Å²) in [7, 11) is 0. The largest absolute Gasteiger partial charge is 0.389 e. The summed E-state index contributed by atoms with van der Waals surface area (Å²) < 4.78 is 4.31. The van der Waals surface area contributed by atoms with Crippen molar-refractivity contribution in [3.05, 3.63) is 74.7 Å². The maximum atomic E-state index is 10.8. The standard InChI is InChI=1S/C23H22Br2N2O/c1-14-4-3-5-21(15(14)2)26-12-18(28)13-27-22-8-6-16(24)10-19(22)20-11-17(25)7-9-23(20)27/h3-11,18,26,28H,12-13H2,1-2H3. The van der Waals surface area contributed by atoms with E-state index in [0.29, 0.717) is 13.1 Å². The van der Waals surface area contributed by atoms with Gasteiger partial charge >= 0.3 is 0 Å². The smallest absolute Gasteiger partial charge is 0.0891 e. The van der Waals surface area contributed by atoms with E-state index in [1.54, 1.807) is 0 Å². The molecule has 3 nitrogen and oxygen atoms in total. The molecule has 4 aromatic rings. The average molecular weight is 502 g/mol. The molecular weight excluding hydrogens is 480 g/mol. The molecule has 4 rings (SSSR count). The SMILES string of the molecule is Cc1cccc(NCC(O)Cn2c3ccc(Br)cc3c3cc(Br)ccc32)c1C. The van der Waals surface area contributed by atoms with Gasteiger partial charge in [-0.25, -0.2) is 0 Å². The van der Waals surface area contributed by atoms with E-state index in [1.807, 2.05) is 18.2 Å². The van der Waals surface area contributed by atoms with Gasteiger partial charge in [0.25, 0.3) is 0 Å². The van der Waals surface area contributed by atoms with Gasteiger partial charge in [0.1, 0.15) is 0 Å². The van der Waals surface area contributed by atoms with Crippen molar-refractivity contribution in [2.45, 2.75) is 26.5 Å². The molecular formula is C23H22Br2N2O. The number of nitrogens with zero attached hydrogens (tertiary/aromatic N) is 1. The Morgan fingerprint density at radius 3 is 2.14 bits per heavy atom. The molecule has 0 saturated carbocycles. The molecule has 28 heavy (non-hydrogen) atoms. The quantitative estimate of drug-likeness (QED) is 0.331. The van der Waals surface area contributed by atoms with Crippen molar-refractivity contribution < 1.29 is 5.11 Å². The van der Waals surface area contributed by atoms with Gasteiger partial charge in [-0.2, -0.15) is 0 Å². The van der Waals surface area contributed by atoms with Gasteiger partial charge in [-0.15, -0.1) is 0 Å². The molecule has 0 bridgehead atoms. The summed E-state index contributed by atoms with van der Waals surface area (Å²) in [6.07, 6.45) is -0.508. The lowest BCUT2D eigenvalue weighted by Gasteiger charge is -2.17. The molecule has 1 heterocycles. The molecule has 0 fully saturated rings. The first-order chi connectivity index (χ1) is 13.4. The molecule has 5 heteroatoms. The normalized spacial score (nSPS) is 12.6. The zero-order chi connectivity index (χ0) is 19.8. The predicted octanol–water partition coefficient (Wildman–Crippen LogP) is 6.41. The van der Waals surface area contributed by atoms with Crippen LogP contribution in [0.2, 0.25) is 0 Å². The summed E-state index contributed by atoms with van der Waals surface area (Å²) in [5, 5.41) is 16.5. The molecule has 0 amide bonds. The van der Waals surface area contributed by atoms with Crippen LogP contribution in [0.5, 0.6) is 0 Å². The molecule has 0 saturated heterocycles. The van der Waals surface area contributed by atoms with Crippen molar-refractivity contribution in [3.8, 4) is 0 Å². The van der Waals surface area contributed by atoms with E-state index in [2.05, 4.69) is 92.0 Å². The summed E-state index contributed by atoms with van der Waals surface area (Å²) >= 11 is 7.16. The summed E-state index contributed by atoms with van der Waals surface area (Å²) in [6.45, 7) is 5.23. The van der Waals surface area contributed by atoms with Crippen molar-refractivity contribution in [1.82, 2.24) is 4.57 Å². The Hall–Kier alpha value is -1.82. The molecule has 144 valence electrons. The maximum absolute atomic E-state index is 10.8. The fraction of sp³-hybridized carbons (Fsp3) is 0.217. The van der Waals surface area contributed by atoms with Crippen LogP contribution in [0.15, 0.2) is 63.5 Å². The average Bonchev–Trinajstić information content (AvgIpc) is 2.95. The fourth-order valence-electron chi connectivity index (χ4n) is 3.69. The Balaban J connectivity index is 1.64. The van der Waals surface area contributed by atoms with Crippen molar-refractivity contribution >= 4 is 59.4 Å². The van der Waals surface area contributed by atoms with Gasteiger partial charge < -0.3 is 15.0 Å². The highest BCUT2D eigenvalue weighted by Gasteiger charge is 2.15. The highest BCUT2D eigenvalue weighted by atomic mass is 79.9. The topological polar surface area (TPSA) is 37.2 Å². The molecule has 2 N–H and O–H groups in total. The third-order valence-corrected chi connectivity index (χ3v) is 6.30. The fourth-order valence-corrected chi connectivity index (χ4v) is 4.41. The van der Waals surface area contributed by atoms with E-state index in [1.165, 1.54) is 21.9 Å². The summed E-state index contributed by atoms with van der Waals surface area (Å²) in [5.74, 6) is 0. The van der Waals surface area contributed by atoms with E-state index >= 15 is 0 Å². The second kappa shape index (κ2) is 7.90. The molecule has 3 aromatic carbocycles. The molecule has 1 unspecified atom stereocenters. The second-order valence-corrected chi connectivity index (χ2v) is 9.05. The number of benzene rings is 3. The number of aliphatic hydroxyl groups is 1. The molecule has 0 radical (unpaired) electrons. The highest BCUT2D eigenvalue weighted by molar-refractivity contribution is 9.10. The second-order valence-electron chi connectivity index (χ2n) is 7.22. The van der Waals surface area contributed by atoms with Crippen LogP contribution in [0.3, 0.4) is 0 Å². The van der Waals surface area contributed by atoms with Gasteiger partial charge in [0, 0.05) is 43.0 Å². The minimum Gasteiger partial charge on any atom is -0.389 e. The Morgan fingerprint density at radius 1 is 0.929 bits per heavy atom. The number of rotatable bonds is 5. The van der Waals surface area contributed by atoms with Gasteiger partial charge in [-0.3, -0.25) is 0 Å². The van der Waals surface area contributed by atoms with Crippen LogP contribution in [0.1, 0.15) is 11.1 Å². The highest BCUT2D eigenvalue weighted by Crippen LogP contribution is 2.33. The number of fused-ring (bicyclic) bond motifs is 3. The van der Waals surface area contributed by atoms with Crippen LogP contribution in [-0.4, -0.2) is 22.3 Å². The number of nitrogens with one attached hydrogen (secondary N) is 1. The molecule has 1 aromatic heterocycles. The zero-order valence-electron chi connectivity index (χ0n) is 15.8. The van der Waals surface area contributed by atoms with Crippen LogP contribution in [0.4, 0.5) is 5.69 Å². The van der Waals surface area contributed by atoms with Gasteiger partial charge in [0.2, 0.25) is 0 Å². The molecule has 0 aliphatic carbocycles. The van der Waals surface area contributed by atoms with Crippen LogP contribution in [0.25, 0.3) is 21.8 Å². The first-order valence-electron chi connectivity index (χ1n) is 9.29. The van der Waals surface area contributed by atoms with Gasteiger partial charge in [-0.1, -0.05) is 44.0 Å². The zero-order valence-corrected chi connectivity index (χ0v) is 19.0. The van der Waals surface area contributed by atoms with Gasteiger partial charge in [0.15, 0.2) is 0 Å². The van der Waals surface area contributed by atoms with E-state index in [9.17, 15) is 5.11 Å². The van der Waals surface area contributed by atoms with Crippen LogP contribution in [0, 0.1) is 13.8 Å². The summed E-state index contributed by atoms with van der Waals surface area (Å²) in [4.78, 5) is 0. The number of anilines is 1. The minimum absolute atomic E-state index is 0.499. The number of aromatic nitrogens is 1. The first kappa shape index (κ1) is 19.5. The van der Waals surface area contributed by atoms with Crippen molar-refractivity contribution in [3.63, 3.8) is 0 Å². The first-order valence-corrected chi connectivity index (χ1v) is 10.9. The van der Waals surface area contributed by atoms with Gasteiger partial charge in [-0.05, 0) is 67.4 Å². The van der Waals surface area contributed by atoms with Crippen molar-refractivity contribution in [2.24, 2.45) is 0 Å². The van der Waals surface area contributed by atoms with Gasteiger partial charge in [0.05, 0.1) is 12.6 Å². The van der Waals surface area contributed by atoms with Crippen LogP contribution in [-0.2, 0) is 6.54 Å². The monoisotopic (exact) mass is 500 g/mol. The lowest BCUT2D eigenvalue weighted by Crippen LogP contribution is -2.25. The summed E-state index contributed by atoms with van der Waals surface area (Å²) in [6, 6.07) is 18.8. The lowest BCUT2D eigenvalue weighted by molar-refractivity contribution is 0.169. The third-order valence-electron chi connectivity index (χ3n) is 5.32. The molecule has 0 aliphatic heterocycles.